The minimum absolute atomic E-state index is 0.392. The van der Waals surface area contributed by atoms with Gasteiger partial charge in [0.1, 0.15) is 0 Å². The molecule has 0 saturated carbocycles. The van der Waals surface area contributed by atoms with Gasteiger partial charge in [0.05, 0.1) is 0 Å². The summed E-state index contributed by atoms with van der Waals surface area (Å²) >= 11 is 0. The zero-order chi connectivity index (χ0) is 15.9. The summed E-state index contributed by atoms with van der Waals surface area (Å²) in [5.41, 5.74) is 0.392. The minimum Gasteiger partial charge on any atom is -0.314 e. The highest BCUT2D eigenvalue weighted by molar-refractivity contribution is 4.85. The fourth-order valence-electron chi connectivity index (χ4n) is 3.87. The predicted octanol–water partition coefficient (Wildman–Crippen LogP) is 3.21. The average Bonchev–Trinajstić information content (AvgIpc) is 2.83. The van der Waals surface area contributed by atoms with E-state index in [0.717, 1.165) is 12.6 Å². The molecule has 0 aromatic carbocycles. The Labute approximate surface area is 133 Å². The summed E-state index contributed by atoms with van der Waals surface area (Å²) in [5, 5.41) is 3.65. The number of rotatable bonds is 10. The molecule has 1 saturated heterocycles. The van der Waals surface area contributed by atoms with Crippen LogP contribution in [-0.2, 0) is 0 Å². The van der Waals surface area contributed by atoms with Gasteiger partial charge in [-0.2, -0.15) is 0 Å². The third kappa shape index (κ3) is 6.66. The largest absolute Gasteiger partial charge is 0.314 e. The van der Waals surface area contributed by atoms with Crippen molar-refractivity contribution >= 4 is 0 Å². The maximum absolute atomic E-state index is 3.65. The first-order valence-corrected chi connectivity index (χ1v) is 9.06. The van der Waals surface area contributed by atoms with Gasteiger partial charge in [-0.1, -0.05) is 41.0 Å². The average molecular weight is 298 g/mol. The van der Waals surface area contributed by atoms with E-state index < -0.39 is 0 Å². The predicted molar refractivity (Wildman–Crippen MR) is 93.9 cm³/mol. The van der Waals surface area contributed by atoms with Crippen LogP contribution in [0, 0.1) is 5.41 Å². The Kier molecular flexibility index (Phi) is 8.22. The molecule has 0 aromatic rings. The van der Waals surface area contributed by atoms with Crippen molar-refractivity contribution in [3.63, 3.8) is 0 Å². The molecule has 1 aliphatic heterocycles. The van der Waals surface area contributed by atoms with Crippen molar-refractivity contribution in [3.05, 3.63) is 0 Å². The number of likely N-dealkylation sites (N-methyl/N-ethyl adjacent to an activating group) is 2. The Hall–Kier alpha value is -0.120. The van der Waals surface area contributed by atoms with Gasteiger partial charge >= 0.3 is 0 Å². The van der Waals surface area contributed by atoms with E-state index in [4.69, 9.17) is 0 Å². The monoisotopic (exact) mass is 297 g/mol. The first-order valence-electron chi connectivity index (χ1n) is 9.06. The molecule has 3 heteroatoms. The summed E-state index contributed by atoms with van der Waals surface area (Å²) in [4.78, 5) is 5.23. The van der Waals surface area contributed by atoms with Gasteiger partial charge in [0, 0.05) is 31.7 Å². The van der Waals surface area contributed by atoms with Crippen LogP contribution in [0.5, 0.6) is 0 Å². The second-order valence-corrected chi connectivity index (χ2v) is 7.72. The van der Waals surface area contributed by atoms with Crippen molar-refractivity contribution in [1.29, 1.82) is 0 Å². The van der Waals surface area contributed by atoms with Crippen LogP contribution in [0.3, 0.4) is 0 Å². The fourth-order valence-corrected chi connectivity index (χ4v) is 3.87. The molecule has 1 rings (SSSR count). The van der Waals surface area contributed by atoms with Gasteiger partial charge in [-0.15, -0.1) is 0 Å². The minimum atomic E-state index is 0.392. The first kappa shape index (κ1) is 18.9. The summed E-state index contributed by atoms with van der Waals surface area (Å²) in [7, 11) is 2.31. The lowest BCUT2D eigenvalue weighted by molar-refractivity contribution is 0.135. The molecule has 0 aliphatic carbocycles. The van der Waals surface area contributed by atoms with E-state index in [1.807, 2.05) is 0 Å². The molecule has 2 unspecified atom stereocenters. The summed E-state index contributed by atoms with van der Waals surface area (Å²) in [6.07, 6.45) is 5.34. The molecule has 1 fully saturated rings. The lowest BCUT2D eigenvalue weighted by Crippen LogP contribution is -2.46. The summed E-state index contributed by atoms with van der Waals surface area (Å²) < 4.78 is 0. The zero-order valence-electron chi connectivity index (χ0n) is 15.4. The van der Waals surface area contributed by atoms with E-state index in [-0.39, 0.29) is 0 Å². The Balaban J connectivity index is 2.49. The molecule has 2 atom stereocenters. The summed E-state index contributed by atoms with van der Waals surface area (Å²) in [6, 6.07) is 1.36. The van der Waals surface area contributed by atoms with E-state index in [1.165, 1.54) is 51.9 Å². The van der Waals surface area contributed by atoms with Gasteiger partial charge in [0.2, 0.25) is 0 Å². The smallest absolute Gasteiger partial charge is 0.0223 e. The SMILES string of the molecule is CCCC(C)(CNC(C)C)CN(C)CC1CCCN1CC. The van der Waals surface area contributed by atoms with Crippen LogP contribution in [-0.4, -0.2) is 61.7 Å². The normalized spacial score (nSPS) is 23.1. The van der Waals surface area contributed by atoms with Gasteiger partial charge < -0.3 is 10.2 Å². The van der Waals surface area contributed by atoms with Crippen LogP contribution < -0.4 is 5.32 Å². The standard InChI is InChI=1S/C18H39N3/c1-7-11-18(5,14-19-16(3)4)15-20(6)13-17-10-9-12-21(17)8-2/h16-17,19H,7-15H2,1-6H3. The van der Waals surface area contributed by atoms with Gasteiger partial charge in [0.15, 0.2) is 0 Å². The molecule has 1 aliphatic rings. The lowest BCUT2D eigenvalue weighted by Gasteiger charge is -2.37. The number of hydrogen-bond acceptors (Lipinski definition) is 3. The Morgan fingerprint density at radius 2 is 2.05 bits per heavy atom. The van der Waals surface area contributed by atoms with Crippen molar-refractivity contribution in [2.75, 3.05) is 39.8 Å². The Morgan fingerprint density at radius 3 is 2.62 bits per heavy atom. The summed E-state index contributed by atoms with van der Waals surface area (Å²) in [5.74, 6) is 0. The van der Waals surface area contributed by atoms with Crippen LogP contribution in [0.1, 0.15) is 60.3 Å². The highest BCUT2D eigenvalue weighted by Crippen LogP contribution is 2.25. The zero-order valence-corrected chi connectivity index (χ0v) is 15.4. The topological polar surface area (TPSA) is 18.5 Å². The first-order chi connectivity index (χ1) is 9.90. The number of likely N-dealkylation sites (tertiary alicyclic amines) is 1. The Morgan fingerprint density at radius 1 is 1.33 bits per heavy atom. The molecule has 0 bridgehead atoms. The third-order valence-electron chi connectivity index (χ3n) is 4.87. The van der Waals surface area contributed by atoms with Gasteiger partial charge in [-0.3, -0.25) is 4.90 Å². The van der Waals surface area contributed by atoms with Crippen molar-refractivity contribution < 1.29 is 0 Å². The molecule has 0 aromatic heterocycles. The Bertz CT molecular complexity index is 280. The fraction of sp³-hybridized carbons (Fsp3) is 1.00. The van der Waals surface area contributed by atoms with E-state index in [0.29, 0.717) is 11.5 Å². The highest BCUT2D eigenvalue weighted by Gasteiger charge is 2.28. The molecule has 21 heavy (non-hydrogen) atoms. The van der Waals surface area contributed by atoms with Crippen molar-refractivity contribution in [2.45, 2.75) is 72.4 Å². The van der Waals surface area contributed by atoms with Crippen LogP contribution >= 0.6 is 0 Å². The third-order valence-corrected chi connectivity index (χ3v) is 4.87. The van der Waals surface area contributed by atoms with Crippen LogP contribution in [0.15, 0.2) is 0 Å². The second kappa shape index (κ2) is 9.12. The molecule has 126 valence electrons. The van der Waals surface area contributed by atoms with E-state index >= 15 is 0 Å². The molecular weight excluding hydrogens is 258 g/mol. The van der Waals surface area contributed by atoms with E-state index in [1.54, 1.807) is 0 Å². The van der Waals surface area contributed by atoms with Crippen molar-refractivity contribution in [2.24, 2.45) is 5.41 Å². The van der Waals surface area contributed by atoms with Crippen molar-refractivity contribution in [3.8, 4) is 0 Å². The molecular formula is C18H39N3. The molecule has 1 heterocycles. The number of hydrogen-bond donors (Lipinski definition) is 1. The number of nitrogens with zero attached hydrogens (tertiary/aromatic N) is 2. The van der Waals surface area contributed by atoms with Crippen LogP contribution in [0.4, 0.5) is 0 Å². The summed E-state index contributed by atoms with van der Waals surface area (Å²) in [6.45, 7) is 17.6. The van der Waals surface area contributed by atoms with E-state index in [9.17, 15) is 0 Å². The second-order valence-electron chi connectivity index (χ2n) is 7.72. The van der Waals surface area contributed by atoms with Crippen molar-refractivity contribution in [1.82, 2.24) is 15.1 Å². The lowest BCUT2D eigenvalue weighted by atomic mass is 9.84. The molecule has 0 amide bonds. The molecule has 0 radical (unpaired) electrons. The quantitative estimate of drug-likeness (QED) is 0.668. The number of nitrogens with one attached hydrogen (secondary N) is 1. The van der Waals surface area contributed by atoms with Gasteiger partial charge in [-0.25, -0.2) is 0 Å². The van der Waals surface area contributed by atoms with Gasteiger partial charge in [0.25, 0.3) is 0 Å². The van der Waals surface area contributed by atoms with E-state index in [2.05, 4.69) is 56.8 Å². The molecule has 3 nitrogen and oxygen atoms in total. The maximum atomic E-state index is 3.65. The molecule has 1 N–H and O–H groups in total. The highest BCUT2D eigenvalue weighted by atomic mass is 15.2. The molecule has 0 spiro atoms. The van der Waals surface area contributed by atoms with Crippen LogP contribution in [0.25, 0.3) is 0 Å². The van der Waals surface area contributed by atoms with Crippen LogP contribution in [0.2, 0.25) is 0 Å². The maximum Gasteiger partial charge on any atom is 0.0223 e. The van der Waals surface area contributed by atoms with Gasteiger partial charge in [-0.05, 0) is 44.8 Å².